The van der Waals surface area contributed by atoms with Crippen molar-refractivity contribution in [3.8, 4) is 0 Å². The number of hydrogen-bond donors (Lipinski definition) is 1. The predicted octanol–water partition coefficient (Wildman–Crippen LogP) is 1.21. The molecule has 2 aliphatic rings. The molecular weight excluding hydrogens is 292 g/mol. The Morgan fingerprint density at radius 3 is 2.74 bits per heavy atom. The molecule has 1 atom stereocenters. The summed E-state index contributed by atoms with van der Waals surface area (Å²) in [7, 11) is 0. The van der Waals surface area contributed by atoms with Crippen molar-refractivity contribution in [1.29, 1.82) is 0 Å². The average Bonchev–Trinajstić information content (AvgIpc) is 2.54. The van der Waals surface area contributed by atoms with Gasteiger partial charge in [0.2, 0.25) is 5.91 Å². The van der Waals surface area contributed by atoms with Gasteiger partial charge in [-0.1, -0.05) is 18.2 Å². The molecule has 0 bridgehead atoms. The van der Waals surface area contributed by atoms with E-state index < -0.39 is 11.5 Å². The minimum atomic E-state index is -1.08. The normalized spacial score (nSPS) is 24.1. The van der Waals surface area contributed by atoms with Crippen molar-refractivity contribution < 1.29 is 14.3 Å². The van der Waals surface area contributed by atoms with Crippen molar-refractivity contribution >= 4 is 11.8 Å². The molecule has 5 heteroatoms. The van der Waals surface area contributed by atoms with E-state index in [2.05, 4.69) is 18.2 Å². The van der Waals surface area contributed by atoms with Crippen molar-refractivity contribution in [2.75, 3.05) is 19.7 Å². The van der Waals surface area contributed by atoms with E-state index in [1.807, 2.05) is 0 Å². The summed E-state index contributed by atoms with van der Waals surface area (Å²) in [6.45, 7) is 2.72. The lowest BCUT2D eigenvalue weighted by atomic mass is 9.90. The van der Waals surface area contributed by atoms with E-state index >= 15 is 0 Å². The highest BCUT2D eigenvalue weighted by atomic mass is 16.5. The van der Waals surface area contributed by atoms with Crippen molar-refractivity contribution in [3.05, 3.63) is 34.9 Å². The third-order valence-corrected chi connectivity index (χ3v) is 4.92. The number of hydrogen-bond acceptors (Lipinski definition) is 3. The van der Waals surface area contributed by atoms with Crippen LogP contribution in [0.1, 0.15) is 36.5 Å². The molecule has 1 aromatic carbocycles. The molecule has 1 aliphatic heterocycles. The van der Waals surface area contributed by atoms with Crippen LogP contribution in [-0.2, 0) is 33.6 Å². The number of fused-ring (bicyclic) bond motifs is 1. The second kappa shape index (κ2) is 6.32. The maximum Gasteiger partial charge on any atom is 0.251 e. The molecule has 0 aromatic heterocycles. The highest BCUT2D eigenvalue weighted by Crippen LogP contribution is 2.23. The lowest BCUT2D eigenvalue weighted by Crippen LogP contribution is -2.58. The van der Waals surface area contributed by atoms with Crippen molar-refractivity contribution in [2.24, 2.45) is 5.73 Å². The molecule has 5 nitrogen and oxygen atoms in total. The molecule has 0 saturated carbocycles. The standard InChI is InChI=1S/C18H24N2O3/c1-18(17(19)22)12-20(8-9-23-18)16(21)11-13-6-7-14-4-2-3-5-15(14)10-13/h6-7,10H,2-5,8-9,11-12H2,1H3,(H2,19,22)/t18-/m0/s1. The summed E-state index contributed by atoms with van der Waals surface area (Å²) in [5.41, 5.74) is 8.15. The Morgan fingerprint density at radius 2 is 2.00 bits per heavy atom. The van der Waals surface area contributed by atoms with E-state index in [1.165, 1.54) is 24.0 Å². The highest BCUT2D eigenvalue weighted by Gasteiger charge is 2.39. The number of nitrogens with zero attached hydrogens (tertiary/aromatic N) is 1. The summed E-state index contributed by atoms with van der Waals surface area (Å²) < 4.78 is 5.46. The molecule has 0 unspecified atom stereocenters. The van der Waals surface area contributed by atoms with Crippen LogP contribution in [0.3, 0.4) is 0 Å². The maximum atomic E-state index is 12.6. The number of benzene rings is 1. The Bertz CT molecular complexity index is 629. The minimum Gasteiger partial charge on any atom is -0.367 e. The van der Waals surface area contributed by atoms with Crippen molar-refractivity contribution in [2.45, 2.75) is 44.6 Å². The molecule has 23 heavy (non-hydrogen) atoms. The van der Waals surface area contributed by atoms with E-state index in [0.29, 0.717) is 19.6 Å². The van der Waals surface area contributed by atoms with E-state index in [-0.39, 0.29) is 12.5 Å². The van der Waals surface area contributed by atoms with Crippen LogP contribution in [0.25, 0.3) is 0 Å². The Morgan fingerprint density at radius 1 is 1.26 bits per heavy atom. The summed E-state index contributed by atoms with van der Waals surface area (Å²) >= 11 is 0. The first-order valence-corrected chi connectivity index (χ1v) is 8.30. The molecule has 0 radical (unpaired) electrons. The SMILES string of the molecule is C[C@@]1(C(N)=O)CN(C(=O)Cc2ccc3c(c2)CCCC3)CCO1. The second-order valence-electron chi connectivity index (χ2n) is 6.75. The van der Waals surface area contributed by atoms with Gasteiger partial charge in [0.1, 0.15) is 0 Å². The molecule has 1 saturated heterocycles. The van der Waals surface area contributed by atoms with Gasteiger partial charge < -0.3 is 15.4 Å². The first-order chi connectivity index (χ1) is 11.0. The number of carbonyl (C=O) groups is 2. The summed E-state index contributed by atoms with van der Waals surface area (Å²) in [5.74, 6) is -0.500. The third kappa shape index (κ3) is 3.39. The summed E-state index contributed by atoms with van der Waals surface area (Å²) in [4.78, 5) is 25.8. The van der Waals surface area contributed by atoms with E-state index in [4.69, 9.17) is 10.5 Å². The van der Waals surface area contributed by atoms with Gasteiger partial charge in [0.15, 0.2) is 5.60 Å². The lowest BCUT2D eigenvalue weighted by Gasteiger charge is -2.38. The van der Waals surface area contributed by atoms with Crippen LogP contribution >= 0.6 is 0 Å². The largest absolute Gasteiger partial charge is 0.367 e. The lowest BCUT2D eigenvalue weighted by molar-refractivity contribution is -0.160. The molecule has 3 rings (SSSR count). The molecule has 1 aromatic rings. The fourth-order valence-corrected chi connectivity index (χ4v) is 3.42. The zero-order valence-corrected chi connectivity index (χ0v) is 13.6. The summed E-state index contributed by atoms with van der Waals surface area (Å²) in [6.07, 6.45) is 5.09. The Balaban J connectivity index is 1.68. The number of ether oxygens (including phenoxy) is 1. The summed E-state index contributed by atoms with van der Waals surface area (Å²) in [6, 6.07) is 6.37. The van der Waals surface area contributed by atoms with Crippen LogP contribution in [0.2, 0.25) is 0 Å². The molecule has 2 amide bonds. The van der Waals surface area contributed by atoms with Crippen molar-refractivity contribution in [1.82, 2.24) is 4.90 Å². The number of amides is 2. The molecule has 1 heterocycles. The average molecular weight is 316 g/mol. The molecule has 1 fully saturated rings. The number of aryl methyl sites for hydroxylation is 2. The number of carbonyl (C=O) groups excluding carboxylic acids is 2. The summed E-state index contributed by atoms with van der Waals surface area (Å²) in [5, 5.41) is 0. The quantitative estimate of drug-likeness (QED) is 0.911. The van der Waals surface area contributed by atoms with E-state index in [0.717, 1.165) is 18.4 Å². The fraction of sp³-hybridized carbons (Fsp3) is 0.556. The van der Waals surface area contributed by atoms with Gasteiger partial charge in [0, 0.05) is 6.54 Å². The van der Waals surface area contributed by atoms with E-state index in [1.54, 1.807) is 11.8 Å². The number of nitrogens with two attached hydrogens (primary N) is 1. The number of primary amides is 1. The van der Waals surface area contributed by atoms with Crippen LogP contribution in [0, 0.1) is 0 Å². The zero-order chi connectivity index (χ0) is 16.4. The number of morpholine rings is 1. The van der Waals surface area contributed by atoms with Crippen LogP contribution in [0.4, 0.5) is 0 Å². The van der Waals surface area contributed by atoms with Gasteiger partial charge in [0.05, 0.1) is 19.6 Å². The van der Waals surface area contributed by atoms with Gasteiger partial charge in [-0.25, -0.2) is 0 Å². The molecule has 0 spiro atoms. The molecule has 1 aliphatic carbocycles. The van der Waals surface area contributed by atoms with Crippen LogP contribution in [0.15, 0.2) is 18.2 Å². The highest BCUT2D eigenvalue weighted by molar-refractivity contribution is 5.85. The minimum absolute atomic E-state index is 0.0246. The van der Waals surface area contributed by atoms with E-state index in [9.17, 15) is 9.59 Å². The zero-order valence-electron chi connectivity index (χ0n) is 13.6. The molecule has 2 N–H and O–H groups in total. The van der Waals surface area contributed by atoms with Gasteiger partial charge in [-0.3, -0.25) is 9.59 Å². The van der Waals surface area contributed by atoms with Gasteiger partial charge in [0.25, 0.3) is 5.91 Å². The van der Waals surface area contributed by atoms with Crippen LogP contribution in [-0.4, -0.2) is 42.0 Å². The topological polar surface area (TPSA) is 72.6 Å². The third-order valence-electron chi connectivity index (χ3n) is 4.92. The fourth-order valence-electron chi connectivity index (χ4n) is 3.42. The predicted molar refractivity (Wildman–Crippen MR) is 86.9 cm³/mol. The van der Waals surface area contributed by atoms with Gasteiger partial charge in [-0.2, -0.15) is 0 Å². The maximum absolute atomic E-state index is 12.6. The van der Waals surface area contributed by atoms with Crippen LogP contribution in [0.5, 0.6) is 0 Å². The number of rotatable bonds is 3. The smallest absolute Gasteiger partial charge is 0.251 e. The monoisotopic (exact) mass is 316 g/mol. The Hall–Kier alpha value is -1.88. The first-order valence-electron chi connectivity index (χ1n) is 8.30. The van der Waals surface area contributed by atoms with Gasteiger partial charge in [-0.15, -0.1) is 0 Å². The molecule has 124 valence electrons. The first kappa shape index (κ1) is 16.0. The van der Waals surface area contributed by atoms with Gasteiger partial charge in [-0.05, 0) is 49.3 Å². The van der Waals surface area contributed by atoms with Crippen LogP contribution < -0.4 is 5.73 Å². The van der Waals surface area contributed by atoms with Gasteiger partial charge >= 0.3 is 0 Å². The Kier molecular flexibility index (Phi) is 4.39. The van der Waals surface area contributed by atoms with Crippen molar-refractivity contribution in [3.63, 3.8) is 0 Å². The molecular formula is C18H24N2O3. The Labute approximate surface area is 136 Å². The second-order valence-corrected chi connectivity index (χ2v) is 6.75.